The summed E-state index contributed by atoms with van der Waals surface area (Å²) in [5, 5.41) is 0. The topological polar surface area (TPSA) is 80.7 Å². The highest BCUT2D eigenvalue weighted by atomic mass is 15.0. The van der Waals surface area contributed by atoms with Crippen LogP contribution in [-0.4, -0.2) is 9.97 Å². The molecular weight excluding hydrogens is 164 g/mol. The molecule has 0 aliphatic rings. The highest BCUT2D eigenvalue weighted by Gasteiger charge is 2.03. The van der Waals surface area contributed by atoms with Crippen molar-refractivity contribution in [3.63, 3.8) is 0 Å². The third kappa shape index (κ3) is 1.33. The Balaban J connectivity index is 2.52. The summed E-state index contributed by atoms with van der Waals surface area (Å²) in [5.41, 5.74) is 13.7. The second-order valence-corrected chi connectivity index (χ2v) is 2.77. The van der Waals surface area contributed by atoms with Gasteiger partial charge in [0.15, 0.2) is 5.95 Å². The molecule has 0 radical (unpaired) electrons. The van der Waals surface area contributed by atoms with E-state index < -0.39 is 0 Å². The lowest BCUT2D eigenvalue weighted by molar-refractivity contribution is 1.33. The number of nitrogens with one attached hydrogen (secondary N) is 1. The molecule has 0 saturated carbocycles. The number of hydrogen-bond acceptors (Lipinski definition) is 3. The Hall–Kier alpha value is -1.97. The van der Waals surface area contributed by atoms with Crippen LogP contribution in [0.15, 0.2) is 30.5 Å². The maximum Gasteiger partial charge on any atom is 0.197 e. The van der Waals surface area contributed by atoms with Crippen molar-refractivity contribution in [1.29, 1.82) is 0 Å². The van der Waals surface area contributed by atoms with Crippen molar-refractivity contribution in [2.45, 2.75) is 0 Å². The van der Waals surface area contributed by atoms with Gasteiger partial charge in [-0.05, 0) is 6.07 Å². The Morgan fingerprint density at radius 3 is 2.54 bits per heavy atom. The molecule has 0 aliphatic carbocycles. The van der Waals surface area contributed by atoms with Gasteiger partial charge in [-0.25, -0.2) is 4.98 Å². The van der Waals surface area contributed by atoms with Crippen molar-refractivity contribution in [2.75, 3.05) is 11.5 Å². The van der Waals surface area contributed by atoms with Crippen LogP contribution in [0.5, 0.6) is 0 Å². The highest BCUT2D eigenvalue weighted by molar-refractivity contribution is 5.73. The molecule has 13 heavy (non-hydrogen) atoms. The fourth-order valence-corrected chi connectivity index (χ4v) is 1.22. The van der Waals surface area contributed by atoms with E-state index >= 15 is 0 Å². The fourth-order valence-electron chi connectivity index (χ4n) is 1.22. The highest BCUT2D eigenvalue weighted by Crippen LogP contribution is 2.23. The molecule has 1 aromatic heterocycles. The van der Waals surface area contributed by atoms with Crippen molar-refractivity contribution in [2.24, 2.45) is 0 Å². The van der Waals surface area contributed by atoms with Crippen LogP contribution in [0.25, 0.3) is 11.3 Å². The number of aromatic amines is 1. The Bertz CT molecular complexity index is 419. The Labute approximate surface area is 75.6 Å². The maximum atomic E-state index is 5.77. The Morgan fingerprint density at radius 2 is 1.92 bits per heavy atom. The second kappa shape index (κ2) is 2.82. The van der Waals surface area contributed by atoms with E-state index in [1.807, 2.05) is 24.3 Å². The molecule has 66 valence electrons. The van der Waals surface area contributed by atoms with Gasteiger partial charge in [0, 0.05) is 11.3 Å². The van der Waals surface area contributed by atoms with E-state index in [0.717, 1.165) is 11.3 Å². The smallest absolute Gasteiger partial charge is 0.197 e. The first kappa shape index (κ1) is 7.67. The van der Waals surface area contributed by atoms with Gasteiger partial charge >= 0.3 is 0 Å². The predicted octanol–water partition coefficient (Wildman–Crippen LogP) is 1.24. The molecule has 4 heteroatoms. The number of H-pyrrole nitrogens is 1. The number of nitrogens with zero attached hydrogens (tertiary/aromatic N) is 1. The Morgan fingerprint density at radius 1 is 1.15 bits per heavy atom. The first-order valence-electron chi connectivity index (χ1n) is 3.93. The summed E-state index contributed by atoms with van der Waals surface area (Å²) < 4.78 is 0. The molecule has 4 nitrogen and oxygen atoms in total. The number of nitrogen functional groups attached to an aromatic ring is 2. The van der Waals surface area contributed by atoms with Crippen LogP contribution in [0.2, 0.25) is 0 Å². The lowest BCUT2D eigenvalue weighted by atomic mass is 10.1. The van der Waals surface area contributed by atoms with Crippen molar-refractivity contribution < 1.29 is 0 Å². The standard InChI is InChI=1S/C9H10N4/c10-7-4-2-1-3-6(7)8-5-12-9(11)13-8/h1-5H,10H2,(H3,11,12,13). The van der Waals surface area contributed by atoms with Crippen LogP contribution < -0.4 is 11.5 Å². The van der Waals surface area contributed by atoms with Gasteiger partial charge in [-0.1, -0.05) is 18.2 Å². The summed E-state index contributed by atoms with van der Waals surface area (Å²) in [6, 6.07) is 7.57. The van der Waals surface area contributed by atoms with Crippen LogP contribution >= 0.6 is 0 Å². The molecule has 5 N–H and O–H groups in total. The summed E-state index contributed by atoms with van der Waals surface area (Å²) in [5.74, 6) is 0.401. The number of rotatable bonds is 1. The first-order valence-corrected chi connectivity index (χ1v) is 3.93. The zero-order valence-corrected chi connectivity index (χ0v) is 6.99. The van der Waals surface area contributed by atoms with Gasteiger partial charge in [-0.2, -0.15) is 0 Å². The van der Waals surface area contributed by atoms with Gasteiger partial charge in [0.25, 0.3) is 0 Å². The van der Waals surface area contributed by atoms with Gasteiger partial charge in [0.05, 0.1) is 11.9 Å². The minimum atomic E-state index is 0.401. The SMILES string of the molecule is Nc1ncc(-c2ccccc2N)[nH]1. The monoisotopic (exact) mass is 174 g/mol. The zero-order chi connectivity index (χ0) is 9.26. The molecule has 0 aliphatic heterocycles. The van der Waals surface area contributed by atoms with Crippen molar-refractivity contribution in [3.05, 3.63) is 30.5 Å². The number of aromatic nitrogens is 2. The minimum absolute atomic E-state index is 0.401. The first-order chi connectivity index (χ1) is 6.27. The fraction of sp³-hybridized carbons (Fsp3) is 0. The number of benzene rings is 1. The molecule has 1 heterocycles. The third-order valence-corrected chi connectivity index (χ3v) is 1.85. The second-order valence-electron chi connectivity index (χ2n) is 2.77. The van der Waals surface area contributed by atoms with Crippen LogP contribution in [0, 0.1) is 0 Å². The lowest BCUT2D eigenvalue weighted by Crippen LogP contribution is -1.90. The maximum absolute atomic E-state index is 5.77. The molecule has 0 bridgehead atoms. The normalized spacial score (nSPS) is 10.2. The number of imidazole rings is 1. The van der Waals surface area contributed by atoms with Crippen molar-refractivity contribution in [3.8, 4) is 11.3 Å². The minimum Gasteiger partial charge on any atom is -0.398 e. The quantitative estimate of drug-likeness (QED) is 0.569. The Kier molecular flexibility index (Phi) is 1.66. The number of para-hydroxylation sites is 1. The van der Waals surface area contributed by atoms with Crippen molar-refractivity contribution in [1.82, 2.24) is 9.97 Å². The summed E-state index contributed by atoms with van der Waals surface area (Å²) in [6.45, 7) is 0. The predicted molar refractivity (Wildman–Crippen MR) is 52.8 cm³/mol. The van der Waals surface area contributed by atoms with Crippen LogP contribution in [0.1, 0.15) is 0 Å². The average molecular weight is 174 g/mol. The molecule has 0 unspecified atom stereocenters. The van der Waals surface area contributed by atoms with Crippen LogP contribution in [0.3, 0.4) is 0 Å². The van der Waals surface area contributed by atoms with E-state index in [-0.39, 0.29) is 0 Å². The molecular formula is C9H10N4. The van der Waals surface area contributed by atoms with E-state index in [2.05, 4.69) is 9.97 Å². The largest absolute Gasteiger partial charge is 0.398 e. The van der Waals surface area contributed by atoms with E-state index in [4.69, 9.17) is 11.5 Å². The number of anilines is 2. The molecule has 0 saturated heterocycles. The summed E-state index contributed by atoms with van der Waals surface area (Å²) >= 11 is 0. The number of nitrogens with two attached hydrogens (primary N) is 2. The van der Waals surface area contributed by atoms with Crippen LogP contribution in [0.4, 0.5) is 11.6 Å². The summed E-state index contributed by atoms with van der Waals surface area (Å²) in [4.78, 5) is 6.82. The van der Waals surface area contributed by atoms with Crippen LogP contribution in [-0.2, 0) is 0 Å². The van der Waals surface area contributed by atoms with Gasteiger partial charge in [-0.15, -0.1) is 0 Å². The van der Waals surface area contributed by atoms with Gasteiger partial charge in [0.2, 0.25) is 0 Å². The molecule has 0 atom stereocenters. The van der Waals surface area contributed by atoms with Gasteiger partial charge < -0.3 is 16.5 Å². The molecule has 0 fully saturated rings. The molecule has 2 rings (SSSR count). The molecule has 0 spiro atoms. The summed E-state index contributed by atoms with van der Waals surface area (Å²) in [6.07, 6.45) is 1.67. The van der Waals surface area contributed by atoms with Gasteiger partial charge in [-0.3, -0.25) is 0 Å². The van der Waals surface area contributed by atoms with E-state index in [1.54, 1.807) is 6.20 Å². The van der Waals surface area contributed by atoms with E-state index in [9.17, 15) is 0 Å². The molecule has 1 aromatic carbocycles. The lowest BCUT2D eigenvalue weighted by Gasteiger charge is -2.00. The zero-order valence-electron chi connectivity index (χ0n) is 6.99. The van der Waals surface area contributed by atoms with Gasteiger partial charge in [0.1, 0.15) is 0 Å². The van der Waals surface area contributed by atoms with E-state index in [0.29, 0.717) is 11.6 Å². The number of hydrogen-bond donors (Lipinski definition) is 3. The van der Waals surface area contributed by atoms with Crippen molar-refractivity contribution >= 4 is 11.6 Å². The van der Waals surface area contributed by atoms with E-state index in [1.165, 1.54) is 0 Å². The third-order valence-electron chi connectivity index (χ3n) is 1.85. The average Bonchev–Trinajstić information content (AvgIpc) is 2.53. The summed E-state index contributed by atoms with van der Waals surface area (Å²) in [7, 11) is 0. The molecule has 0 amide bonds. The molecule has 2 aromatic rings.